The predicted octanol–water partition coefficient (Wildman–Crippen LogP) is 11.3. The highest BCUT2D eigenvalue weighted by Gasteiger charge is 2.18. The van der Waals surface area contributed by atoms with Gasteiger partial charge in [-0.05, 0) is 59.7 Å². The fourth-order valence-electron chi connectivity index (χ4n) is 6.10. The van der Waals surface area contributed by atoms with Gasteiger partial charge in [-0.25, -0.2) is 15.0 Å². The zero-order chi connectivity index (χ0) is 30.5. The molecule has 0 unspecified atom stereocenters. The Bertz CT molecular complexity index is 2500. The van der Waals surface area contributed by atoms with Crippen LogP contribution in [0.5, 0.6) is 0 Å². The van der Waals surface area contributed by atoms with E-state index in [4.69, 9.17) is 19.4 Å². The van der Waals surface area contributed by atoms with E-state index in [1.54, 1.807) is 11.3 Å². The van der Waals surface area contributed by atoms with Crippen LogP contribution < -0.4 is 0 Å². The van der Waals surface area contributed by atoms with Crippen LogP contribution in [-0.2, 0) is 0 Å². The molecule has 6 aromatic carbocycles. The molecule has 9 aromatic rings. The Morgan fingerprint density at radius 3 is 1.98 bits per heavy atom. The molecule has 0 aliphatic carbocycles. The monoisotopic (exact) mass is 607 g/mol. The summed E-state index contributed by atoms with van der Waals surface area (Å²) in [5, 5.41) is 3.00. The fourth-order valence-corrected chi connectivity index (χ4v) is 7.06. The Morgan fingerprint density at radius 1 is 0.457 bits per heavy atom. The predicted molar refractivity (Wildman–Crippen MR) is 190 cm³/mol. The van der Waals surface area contributed by atoms with Gasteiger partial charge in [0.1, 0.15) is 16.2 Å². The second-order valence-corrected chi connectivity index (χ2v) is 12.3. The molecule has 0 fully saturated rings. The number of thiazole rings is 1. The van der Waals surface area contributed by atoms with Gasteiger partial charge >= 0.3 is 0 Å². The van der Waals surface area contributed by atoms with Crippen LogP contribution in [0.1, 0.15) is 0 Å². The molecular formula is C41H25N3OS. The van der Waals surface area contributed by atoms with Crippen LogP contribution in [0.2, 0.25) is 0 Å². The minimum atomic E-state index is 0.653. The molecule has 0 aliphatic heterocycles. The van der Waals surface area contributed by atoms with Crippen LogP contribution in [0.25, 0.3) is 87.8 Å². The number of benzene rings is 6. The van der Waals surface area contributed by atoms with Crippen molar-refractivity contribution >= 4 is 43.5 Å². The van der Waals surface area contributed by atoms with Crippen LogP contribution in [0.3, 0.4) is 0 Å². The third kappa shape index (κ3) is 4.66. The number of hydrogen-bond acceptors (Lipinski definition) is 5. The Hall–Kier alpha value is -5.91. The molecular weight excluding hydrogens is 583 g/mol. The maximum absolute atomic E-state index is 6.39. The van der Waals surface area contributed by atoms with Crippen molar-refractivity contribution in [1.82, 2.24) is 15.0 Å². The fraction of sp³-hybridized carbons (Fsp3) is 0. The maximum Gasteiger partial charge on any atom is 0.161 e. The van der Waals surface area contributed by atoms with Gasteiger partial charge in [0.15, 0.2) is 5.82 Å². The lowest BCUT2D eigenvalue weighted by Crippen LogP contribution is -1.96. The van der Waals surface area contributed by atoms with Crippen molar-refractivity contribution in [3.8, 4) is 55.6 Å². The van der Waals surface area contributed by atoms with E-state index < -0.39 is 0 Å². The average Bonchev–Trinajstić information content (AvgIpc) is 3.74. The Kier molecular flexibility index (Phi) is 6.28. The molecule has 0 spiro atoms. The highest BCUT2D eigenvalue weighted by atomic mass is 32.1. The van der Waals surface area contributed by atoms with Gasteiger partial charge in [0.05, 0.1) is 21.6 Å². The number of furan rings is 1. The van der Waals surface area contributed by atoms with Crippen molar-refractivity contribution in [2.24, 2.45) is 0 Å². The maximum atomic E-state index is 6.39. The molecule has 3 heterocycles. The van der Waals surface area contributed by atoms with Crippen molar-refractivity contribution in [2.45, 2.75) is 0 Å². The number of fused-ring (bicyclic) bond motifs is 4. The van der Waals surface area contributed by atoms with E-state index in [1.807, 2.05) is 48.5 Å². The standard InChI is InChI=1S/C41H25N3OS/c1-3-11-26(12-4-1)28-15-9-16-29(23-28)35-25-34(27-13-5-2-6-14-27)42-40(43-35)31-17-10-19-37-39(31)32-24-30(21-22-36(32)45-37)41-44-33-18-7-8-20-38(33)46-41/h1-25H. The van der Waals surface area contributed by atoms with Crippen molar-refractivity contribution in [3.05, 3.63) is 152 Å². The topological polar surface area (TPSA) is 51.8 Å². The number of hydrogen-bond donors (Lipinski definition) is 0. The molecule has 0 N–H and O–H groups in total. The lowest BCUT2D eigenvalue weighted by Gasteiger charge is -2.11. The summed E-state index contributed by atoms with van der Waals surface area (Å²) >= 11 is 1.70. The first kappa shape index (κ1) is 26.5. The third-order valence-corrected chi connectivity index (χ3v) is 9.42. The number of nitrogens with zero attached hydrogens (tertiary/aromatic N) is 3. The van der Waals surface area contributed by atoms with Crippen LogP contribution in [0, 0.1) is 0 Å². The highest BCUT2D eigenvalue weighted by Crippen LogP contribution is 2.40. The largest absolute Gasteiger partial charge is 0.456 e. The molecule has 4 nitrogen and oxygen atoms in total. The van der Waals surface area contributed by atoms with Crippen LogP contribution in [0.15, 0.2) is 156 Å². The molecule has 0 bridgehead atoms. The van der Waals surface area contributed by atoms with Gasteiger partial charge in [0, 0.05) is 33.0 Å². The van der Waals surface area contributed by atoms with E-state index >= 15 is 0 Å². The highest BCUT2D eigenvalue weighted by molar-refractivity contribution is 7.21. The first-order chi connectivity index (χ1) is 22.8. The molecule has 0 atom stereocenters. The van der Waals surface area contributed by atoms with Crippen LogP contribution >= 0.6 is 11.3 Å². The number of rotatable bonds is 5. The summed E-state index contributed by atoms with van der Waals surface area (Å²) in [5.74, 6) is 0.653. The van der Waals surface area contributed by atoms with Crippen molar-refractivity contribution in [1.29, 1.82) is 0 Å². The smallest absolute Gasteiger partial charge is 0.161 e. The zero-order valence-electron chi connectivity index (χ0n) is 24.6. The normalized spacial score (nSPS) is 11.5. The van der Waals surface area contributed by atoms with E-state index in [0.29, 0.717) is 5.82 Å². The van der Waals surface area contributed by atoms with Gasteiger partial charge in [0.25, 0.3) is 0 Å². The quantitative estimate of drug-likeness (QED) is 0.195. The summed E-state index contributed by atoms with van der Waals surface area (Å²) < 4.78 is 7.56. The molecule has 216 valence electrons. The SMILES string of the molecule is c1ccc(-c2cccc(-c3cc(-c4ccccc4)nc(-c4cccc5oc6ccc(-c7nc8ccccc8s7)cc6c45)n3)c2)cc1. The van der Waals surface area contributed by atoms with Gasteiger partial charge in [0.2, 0.25) is 0 Å². The van der Waals surface area contributed by atoms with Gasteiger partial charge in [-0.1, -0.05) is 103 Å². The minimum absolute atomic E-state index is 0.653. The van der Waals surface area contributed by atoms with E-state index in [1.165, 1.54) is 10.3 Å². The van der Waals surface area contributed by atoms with Gasteiger partial charge in [-0.2, -0.15) is 0 Å². The molecule has 5 heteroatoms. The van der Waals surface area contributed by atoms with Crippen molar-refractivity contribution in [2.75, 3.05) is 0 Å². The molecule has 0 saturated heterocycles. The summed E-state index contributed by atoms with van der Waals surface area (Å²) in [6, 6.07) is 52.1. The second-order valence-electron chi connectivity index (χ2n) is 11.3. The van der Waals surface area contributed by atoms with E-state index in [0.717, 1.165) is 71.7 Å². The molecule has 0 amide bonds. The summed E-state index contributed by atoms with van der Waals surface area (Å²) in [6.07, 6.45) is 0. The van der Waals surface area contributed by atoms with Gasteiger partial charge in [-0.15, -0.1) is 11.3 Å². The van der Waals surface area contributed by atoms with Crippen molar-refractivity contribution < 1.29 is 4.42 Å². The summed E-state index contributed by atoms with van der Waals surface area (Å²) in [4.78, 5) is 15.3. The molecule has 3 aromatic heterocycles. The van der Waals surface area contributed by atoms with Crippen molar-refractivity contribution in [3.63, 3.8) is 0 Å². The summed E-state index contributed by atoms with van der Waals surface area (Å²) in [7, 11) is 0. The Morgan fingerprint density at radius 2 is 1.15 bits per heavy atom. The van der Waals surface area contributed by atoms with Gasteiger partial charge < -0.3 is 4.42 Å². The Labute approximate surface area is 269 Å². The second kappa shape index (κ2) is 10.9. The van der Waals surface area contributed by atoms with E-state index in [-0.39, 0.29) is 0 Å². The van der Waals surface area contributed by atoms with Crippen LogP contribution in [0.4, 0.5) is 0 Å². The van der Waals surface area contributed by atoms with Crippen LogP contribution in [-0.4, -0.2) is 15.0 Å². The van der Waals surface area contributed by atoms with E-state index in [9.17, 15) is 0 Å². The molecule has 0 aliphatic rings. The Balaban J connectivity index is 1.25. The first-order valence-corrected chi connectivity index (χ1v) is 16.0. The molecule has 46 heavy (non-hydrogen) atoms. The molecule has 0 saturated carbocycles. The first-order valence-electron chi connectivity index (χ1n) is 15.2. The third-order valence-electron chi connectivity index (χ3n) is 8.34. The summed E-state index contributed by atoms with van der Waals surface area (Å²) in [5.41, 5.74) is 10.7. The minimum Gasteiger partial charge on any atom is -0.456 e. The van der Waals surface area contributed by atoms with Gasteiger partial charge in [-0.3, -0.25) is 0 Å². The zero-order valence-corrected chi connectivity index (χ0v) is 25.4. The molecule has 0 radical (unpaired) electrons. The number of aromatic nitrogens is 3. The van der Waals surface area contributed by atoms with E-state index in [2.05, 4.69) is 103 Å². The number of para-hydroxylation sites is 1. The average molecular weight is 608 g/mol. The molecule has 9 rings (SSSR count). The lowest BCUT2D eigenvalue weighted by molar-refractivity contribution is 0.669. The lowest BCUT2D eigenvalue weighted by atomic mass is 10.00. The summed E-state index contributed by atoms with van der Waals surface area (Å²) in [6.45, 7) is 0.